The minimum Gasteiger partial charge on any atom is -0.385 e. The molecule has 2 aromatic carbocycles. The number of hydrogen-bond acceptors (Lipinski definition) is 5. The molecular formula is C24H29N3O3S. The average molecular weight is 440 g/mol. The number of rotatable bonds is 9. The highest BCUT2D eigenvalue weighted by molar-refractivity contribution is 7.99. The maximum absolute atomic E-state index is 13.0. The number of para-hydroxylation sites is 2. The van der Waals surface area contributed by atoms with Gasteiger partial charge in [-0.1, -0.05) is 55.9 Å². The largest absolute Gasteiger partial charge is 0.385 e. The van der Waals surface area contributed by atoms with Crippen LogP contribution in [-0.2, 0) is 16.1 Å². The van der Waals surface area contributed by atoms with Crippen molar-refractivity contribution in [1.82, 2.24) is 9.55 Å². The number of ether oxygens (including phenoxy) is 1. The number of aryl methyl sites for hydroxylation is 1. The number of carbonyl (C=O) groups is 1. The molecule has 3 aromatic rings. The number of fused-ring (bicyclic) bond motifs is 1. The third-order valence-corrected chi connectivity index (χ3v) is 6.06. The molecule has 164 valence electrons. The van der Waals surface area contributed by atoms with Gasteiger partial charge in [-0.2, -0.15) is 0 Å². The molecule has 0 saturated heterocycles. The quantitative estimate of drug-likeness (QED) is 0.300. The van der Waals surface area contributed by atoms with E-state index in [1.54, 1.807) is 17.7 Å². The number of nitrogens with one attached hydrogen (secondary N) is 1. The zero-order chi connectivity index (χ0) is 22.4. The van der Waals surface area contributed by atoms with Crippen LogP contribution in [0.5, 0.6) is 0 Å². The van der Waals surface area contributed by atoms with E-state index in [0.29, 0.717) is 41.5 Å². The van der Waals surface area contributed by atoms with Gasteiger partial charge in [0.15, 0.2) is 5.16 Å². The number of amides is 1. The van der Waals surface area contributed by atoms with Gasteiger partial charge in [-0.15, -0.1) is 0 Å². The molecule has 0 spiro atoms. The Morgan fingerprint density at radius 1 is 1.19 bits per heavy atom. The highest BCUT2D eigenvalue weighted by Gasteiger charge is 2.15. The summed E-state index contributed by atoms with van der Waals surface area (Å²) in [4.78, 5) is 30.4. The van der Waals surface area contributed by atoms with Crippen LogP contribution >= 0.6 is 11.8 Å². The fraction of sp³-hybridized carbons (Fsp3) is 0.375. The number of carbonyl (C=O) groups excluding carboxylic acids is 1. The Hall–Kier alpha value is -2.64. The molecule has 0 aliphatic rings. The van der Waals surface area contributed by atoms with E-state index in [0.717, 1.165) is 16.8 Å². The van der Waals surface area contributed by atoms with Crippen molar-refractivity contribution >= 4 is 34.3 Å². The molecule has 0 atom stereocenters. The molecule has 0 bridgehead atoms. The highest BCUT2D eigenvalue weighted by atomic mass is 32.2. The molecule has 6 nitrogen and oxygen atoms in total. The molecule has 3 rings (SSSR count). The zero-order valence-electron chi connectivity index (χ0n) is 18.5. The second kappa shape index (κ2) is 10.6. The summed E-state index contributed by atoms with van der Waals surface area (Å²) in [6.07, 6.45) is 0.692. The van der Waals surface area contributed by atoms with E-state index in [1.165, 1.54) is 11.8 Å². The smallest absolute Gasteiger partial charge is 0.262 e. The molecule has 1 heterocycles. The summed E-state index contributed by atoms with van der Waals surface area (Å²) in [5.74, 6) is 0.351. The zero-order valence-corrected chi connectivity index (χ0v) is 19.3. The standard InChI is InChI=1S/C24H29N3O3S/c1-16(2)18-11-7-9-17(3)22(18)26-21(28)15-31-24-25-20-12-6-5-10-19(20)23(29)27(24)13-8-14-30-4/h5-7,9-12,16H,8,13-15H2,1-4H3,(H,26,28). The van der Waals surface area contributed by atoms with Crippen LogP contribution in [-0.4, -0.2) is 34.9 Å². The van der Waals surface area contributed by atoms with Gasteiger partial charge in [0.1, 0.15) is 0 Å². The molecule has 0 saturated carbocycles. The van der Waals surface area contributed by atoms with Crippen molar-refractivity contribution in [1.29, 1.82) is 0 Å². The van der Waals surface area contributed by atoms with Crippen LogP contribution in [0.4, 0.5) is 5.69 Å². The van der Waals surface area contributed by atoms with Crippen LogP contribution in [0.25, 0.3) is 10.9 Å². The summed E-state index contributed by atoms with van der Waals surface area (Å²) < 4.78 is 6.78. The van der Waals surface area contributed by atoms with Crippen LogP contribution < -0.4 is 10.9 Å². The summed E-state index contributed by atoms with van der Waals surface area (Å²) >= 11 is 1.28. The lowest BCUT2D eigenvalue weighted by Crippen LogP contribution is -2.25. The third-order valence-electron chi connectivity index (χ3n) is 5.08. The van der Waals surface area contributed by atoms with E-state index < -0.39 is 0 Å². The highest BCUT2D eigenvalue weighted by Crippen LogP contribution is 2.28. The minimum absolute atomic E-state index is 0.0920. The van der Waals surface area contributed by atoms with Gasteiger partial charge in [-0.05, 0) is 42.5 Å². The Morgan fingerprint density at radius 3 is 2.71 bits per heavy atom. The predicted molar refractivity (Wildman–Crippen MR) is 127 cm³/mol. The van der Waals surface area contributed by atoms with Crippen molar-refractivity contribution < 1.29 is 9.53 Å². The number of methoxy groups -OCH3 is 1. The van der Waals surface area contributed by atoms with Gasteiger partial charge in [0.25, 0.3) is 5.56 Å². The molecule has 1 aromatic heterocycles. The molecule has 0 aliphatic heterocycles. The van der Waals surface area contributed by atoms with E-state index in [2.05, 4.69) is 24.1 Å². The van der Waals surface area contributed by atoms with Crippen LogP contribution in [0, 0.1) is 6.92 Å². The van der Waals surface area contributed by atoms with E-state index >= 15 is 0 Å². The first-order valence-corrected chi connectivity index (χ1v) is 11.4. The molecule has 0 aliphatic carbocycles. The number of thioether (sulfide) groups is 1. The maximum atomic E-state index is 13.0. The summed E-state index contributed by atoms with van der Waals surface area (Å²) in [5, 5.41) is 4.18. The van der Waals surface area contributed by atoms with Crippen molar-refractivity contribution in [3.05, 3.63) is 63.9 Å². The van der Waals surface area contributed by atoms with Crippen LogP contribution in [0.2, 0.25) is 0 Å². The number of benzene rings is 2. The van der Waals surface area contributed by atoms with Gasteiger partial charge in [0.05, 0.1) is 16.7 Å². The van der Waals surface area contributed by atoms with Gasteiger partial charge in [-0.25, -0.2) is 4.98 Å². The second-order valence-electron chi connectivity index (χ2n) is 7.75. The lowest BCUT2D eigenvalue weighted by Gasteiger charge is -2.17. The second-order valence-corrected chi connectivity index (χ2v) is 8.69. The Bertz CT molecular complexity index is 1120. The van der Waals surface area contributed by atoms with E-state index in [1.807, 2.05) is 43.3 Å². The monoisotopic (exact) mass is 439 g/mol. The van der Waals surface area contributed by atoms with E-state index in [9.17, 15) is 9.59 Å². The molecule has 31 heavy (non-hydrogen) atoms. The molecular weight excluding hydrogens is 410 g/mol. The molecule has 0 unspecified atom stereocenters. The van der Waals surface area contributed by atoms with E-state index in [4.69, 9.17) is 4.74 Å². The predicted octanol–water partition coefficient (Wildman–Crippen LogP) is 4.60. The Labute approximate surface area is 187 Å². The van der Waals surface area contributed by atoms with Gasteiger partial charge >= 0.3 is 0 Å². The number of aromatic nitrogens is 2. The summed E-state index contributed by atoms with van der Waals surface area (Å²) in [6, 6.07) is 13.3. The first-order chi connectivity index (χ1) is 14.9. The lowest BCUT2D eigenvalue weighted by atomic mass is 9.98. The van der Waals surface area contributed by atoms with Gasteiger partial charge in [0.2, 0.25) is 5.91 Å². The van der Waals surface area contributed by atoms with Crippen LogP contribution in [0.1, 0.15) is 37.3 Å². The summed E-state index contributed by atoms with van der Waals surface area (Å²) in [6.45, 7) is 7.25. The Kier molecular flexibility index (Phi) is 7.87. The van der Waals surface area contributed by atoms with Crippen molar-refractivity contribution in [2.45, 2.75) is 44.8 Å². The first kappa shape index (κ1) is 23.0. The first-order valence-electron chi connectivity index (χ1n) is 10.4. The van der Waals surface area contributed by atoms with Crippen molar-refractivity contribution in [3.63, 3.8) is 0 Å². The van der Waals surface area contributed by atoms with Crippen LogP contribution in [0.3, 0.4) is 0 Å². The molecule has 1 amide bonds. The van der Waals surface area contributed by atoms with Gasteiger partial charge in [0, 0.05) is 25.9 Å². The molecule has 0 radical (unpaired) electrons. The molecule has 0 fully saturated rings. The fourth-order valence-electron chi connectivity index (χ4n) is 3.47. The third kappa shape index (κ3) is 5.54. The topological polar surface area (TPSA) is 73.2 Å². The number of nitrogens with zero attached hydrogens (tertiary/aromatic N) is 2. The Morgan fingerprint density at radius 2 is 1.97 bits per heavy atom. The van der Waals surface area contributed by atoms with Gasteiger partial charge < -0.3 is 10.1 Å². The molecule has 1 N–H and O–H groups in total. The summed E-state index contributed by atoms with van der Waals surface area (Å²) in [7, 11) is 1.64. The summed E-state index contributed by atoms with van der Waals surface area (Å²) in [5.41, 5.74) is 3.56. The van der Waals surface area contributed by atoms with E-state index in [-0.39, 0.29) is 17.2 Å². The van der Waals surface area contributed by atoms with Crippen LogP contribution in [0.15, 0.2) is 52.4 Å². The van der Waals surface area contributed by atoms with Gasteiger partial charge in [-0.3, -0.25) is 14.2 Å². The van der Waals surface area contributed by atoms with Crippen molar-refractivity contribution in [2.75, 3.05) is 24.8 Å². The average Bonchev–Trinajstić information content (AvgIpc) is 2.75. The maximum Gasteiger partial charge on any atom is 0.262 e. The normalized spacial score (nSPS) is 11.3. The van der Waals surface area contributed by atoms with Crippen molar-refractivity contribution in [2.24, 2.45) is 0 Å². The number of hydrogen-bond donors (Lipinski definition) is 1. The lowest BCUT2D eigenvalue weighted by molar-refractivity contribution is -0.113. The Balaban J connectivity index is 1.82. The fourth-order valence-corrected chi connectivity index (χ4v) is 4.30. The molecule has 7 heteroatoms. The number of anilines is 1. The SMILES string of the molecule is COCCCn1c(SCC(=O)Nc2c(C)cccc2C(C)C)nc2ccccc2c1=O. The minimum atomic E-state index is -0.118. The van der Waals surface area contributed by atoms with Crippen molar-refractivity contribution in [3.8, 4) is 0 Å².